The van der Waals surface area contributed by atoms with Crippen molar-refractivity contribution in [1.82, 2.24) is 5.32 Å². The minimum absolute atomic E-state index is 0.118. The van der Waals surface area contributed by atoms with Gasteiger partial charge in [-0.15, -0.1) is 0 Å². The van der Waals surface area contributed by atoms with E-state index in [1.807, 2.05) is 26.0 Å². The molecule has 1 aromatic rings. The van der Waals surface area contributed by atoms with Gasteiger partial charge in [0.15, 0.2) is 0 Å². The predicted octanol–water partition coefficient (Wildman–Crippen LogP) is 2.12. The minimum Gasteiger partial charge on any atom is -0.296 e. The van der Waals surface area contributed by atoms with Crippen LogP contribution >= 0.6 is 0 Å². The molecule has 0 fully saturated rings. The molecule has 0 aliphatic heterocycles. The van der Waals surface area contributed by atoms with Gasteiger partial charge in [-0.25, -0.2) is 0 Å². The number of nitriles is 2. The summed E-state index contributed by atoms with van der Waals surface area (Å²) in [6, 6.07) is 11.5. The molecular weight excluding hydrogens is 186 g/mol. The quantitative estimate of drug-likeness (QED) is 0.811. The molecule has 0 radical (unpaired) electrons. The maximum absolute atomic E-state index is 8.66. The lowest BCUT2D eigenvalue weighted by Gasteiger charge is -2.15. The van der Waals surface area contributed by atoms with Crippen molar-refractivity contribution in [2.75, 3.05) is 0 Å². The van der Waals surface area contributed by atoms with E-state index in [0.717, 1.165) is 5.56 Å². The third-order valence-electron chi connectivity index (χ3n) is 2.23. The first-order chi connectivity index (χ1) is 7.17. The van der Waals surface area contributed by atoms with Crippen LogP contribution in [0, 0.1) is 22.7 Å². The summed E-state index contributed by atoms with van der Waals surface area (Å²) in [7, 11) is 0. The van der Waals surface area contributed by atoms with Crippen molar-refractivity contribution in [2.45, 2.75) is 25.9 Å². The van der Waals surface area contributed by atoms with Crippen molar-refractivity contribution in [2.24, 2.45) is 0 Å². The standard InChI is InChI=1S/C12H13N3/c1-9(7-13)15-10(2)12-5-3-11(8-14)4-6-12/h3-6,9-10,15H,1-2H3. The summed E-state index contributed by atoms with van der Waals surface area (Å²) in [6.45, 7) is 3.81. The molecule has 15 heavy (non-hydrogen) atoms. The van der Waals surface area contributed by atoms with Crippen molar-refractivity contribution in [3.8, 4) is 12.1 Å². The van der Waals surface area contributed by atoms with Gasteiger partial charge in [-0.05, 0) is 31.5 Å². The predicted molar refractivity (Wildman–Crippen MR) is 57.8 cm³/mol. The second-order valence-corrected chi connectivity index (χ2v) is 3.47. The molecule has 1 N–H and O–H groups in total. The van der Waals surface area contributed by atoms with Gasteiger partial charge in [0.25, 0.3) is 0 Å². The van der Waals surface area contributed by atoms with Crippen molar-refractivity contribution in [1.29, 1.82) is 10.5 Å². The zero-order chi connectivity index (χ0) is 11.3. The fourth-order valence-corrected chi connectivity index (χ4v) is 1.35. The Morgan fingerprint density at radius 3 is 2.20 bits per heavy atom. The molecule has 3 nitrogen and oxygen atoms in total. The van der Waals surface area contributed by atoms with Gasteiger partial charge in [-0.1, -0.05) is 12.1 Å². The van der Waals surface area contributed by atoms with E-state index < -0.39 is 0 Å². The van der Waals surface area contributed by atoms with Crippen LogP contribution in [0.15, 0.2) is 24.3 Å². The number of rotatable bonds is 3. The SMILES string of the molecule is CC(C#N)NC(C)c1ccc(C#N)cc1. The van der Waals surface area contributed by atoms with Crippen molar-refractivity contribution >= 4 is 0 Å². The van der Waals surface area contributed by atoms with E-state index in [-0.39, 0.29) is 12.1 Å². The summed E-state index contributed by atoms with van der Waals surface area (Å²) >= 11 is 0. The Kier molecular flexibility index (Phi) is 3.85. The number of nitrogens with one attached hydrogen (secondary N) is 1. The second kappa shape index (κ2) is 5.14. The summed E-state index contributed by atoms with van der Waals surface area (Å²) in [5.74, 6) is 0. The summed E-state index contributed by atoms with van der Waals surface area (Å²) in [6.07, 6.45) is 0. The summed E-state index contributed by atoms with van der Waals surface area (Å²) in [5.41, 5.74) is 1.73. The number of hydrogen-bond acceptors (Lipinski definition) is 3. The topological polar surface area (TPSA) is 59.6 Å². The summed E-state index contributed by atoms with van der Waals surface area (Å²) in [5, 5.41) is 20.4. The van der Waals surface area contributed by atoms with Crippen LogP contribution in [-0.4, -0.2) is 6.04 Å². The molecule has 2 unspecified atom stereocenters. The largest absolute Gasteiger partial charge is 0.296 e. The highest BCUT2D eigenvalue weighted by atomic mass is 14.9. The normalized spacial score (nSPS) is 13.6. The first-order valence-corrected chi connectivity index (χ1v) is 4.83. The maximum atomic E-state index is 8.66. The molecule has 0 heterocycles. The zero-order valence-electron chi connectivity index (χ0n) is 8.86. The fraction of sp³-hybridized carbons (Fsp3) is 0.333. The van der Waals surface area contributed by atoms with Crippen LogP contribution in [0.25, 0.3) is 0 Å². The van der Waals surface area contributed by atoms with Gasteiger partial charge in [-0.2, -0.15) is 10.5 Å². The van der Waals surface area contributed by atoms with Crippen molar-refractivity contribution in [3.05, 3.63) is 35.4 Å². The first kappa shape index (κ1) is 11.2. The van der Waals surface area contributed by atoms with Gasteiger partial charge in [0.2, 0.25) is 0 Å². The Labute approximate surface area is 90.0 Å². The molecule has 1 rings (SSSR count). The number of nitrogens with zero attached hydrogens (tertiary/aromatic N) is 2. The third-order valence-corrected chi connectivity index (χ3v) is 2.23. The molecule has 1 aromatic carbocycles. The van der Waals surface area contributed by atoms with Crippen LogP contribution in [0.5, 0.6) is 0 Å². The van der Waals surface area contributed by atoms with Gasteiger partial charge in [0, 0.05) is 6.04 Å². The van der Waals surface area contributed by atoms with E-state index in [9.17, 15) is 0 Å². The third kappa shape index (κ3) is 3.09. The molecule has 3 heteroatoms. The molecule has 0 aliphatic rings. The Morgan fingerprint density at radius 2 is 1.73 bits per heavy atom. The average molecular weight is 199 g/mol. The highest BCUT2D eigenvalue weighted by Crippen LogP contribution is 2.13. The van der Waals surface area contributed by atoms with E-state index in [1.54, 1.807) is 12.1 Å². The van der Waals surface area contributed by atoms with E-state index in [0.29, 0.717) is 5.56 Å². The van der Waals surface area contributed by atoms with Gasteiger partial charge in [-0.3, -0.25) is 5.32 Å². The fourth-order valence-electron chi connectivity index (χ4n) is 1.35. The Balaban J connectivity index is 2.71. The molecule has 2 atom stereocenters. The molecule has 0 saturated carbocycles. The second-order valence-electron chi connectivity index (χ2n) is 3.47. The van der Waals surface area contributed by atoms with Crippen LogP contribution in [0.3, 0.4) is 0 Å². The number of hydrogen-bond donors (Lipinski definition) is 1. The zero-order valence-corrected chi connectivity index (χ0v) is 8.86. The minimum atomic E-state index is -0.171. The van der Waals surface area contributed by atoms with Crippen molar-refractivity contribution in [3.63, 3.8) is 0 Å². The summed E-state index contributed by atoms with van der Waals surface area (Å²) < 4.78 is 0. The lowest BCUT2D eigenvalue weighted by Crippen LogP contribution is -2.27. The van der Waals surface area contributed by atoms with Gasteiger partial charge >= 0.3 is 0 Å². The average Bonchev–Trinajstić information content (AvgIpc) is 2.29. The van der Waals surface area contributed by atoms with Crippen LogP contribution in [0.2, 0.25) is 0 Å². The molecule has 0 bridgehead atoms. The van der Waals surface area contributed by atoms with Crippen LogP contribution < -0.4 is 5.32 Å². The molecule has 0 aliphatic carbocycles. The lowest BCUT2D eigenvalue weighted by molar-refractivity contribution is 0.543. The smallest absolute Gasteiger partial charge is 0.0991 e. The Bertz CT molecular complexity index is 394. The number of benzene rings is 1. The van der Waals surface area contributed by atoms with E-state index in [4.69, 9.17) is 10.5 Å². The molecule has 76 valence electrons. The van der Waals surface area contributed by atoms with Crippen molar-refractivity contribution < 1.29 is 0 Å². The van der Waals surface area contributed by atoms with Gasteiger partial charge < -0.3 is 0 Å². The monoisotopic (exact) mass is 199 g/mol. The Hall–Kier alpha value is -1.84. The van der Waals surface area contributed by atoms with E-state index >= 15 is 0 Å². The molecule has 0 aromatic heterocycles. The maximum Gasteiger partial charge on any atom is 0.0991 e. The van der Waals surface area contributed by atoms with Gasteiger partial charge in [0.1, 0.15) is 0 Å². The molecule has 0 spiro atoms. The Morgan fingerprint density at radius 1 is 1.13 bits per heavy atom. The lowest BCUT2D eigenvalue weighted by atomic mass is 10.1. The highest BCUT2D eigenvalue weighted by molar-refractivity contribution is 5.32. The van der Waals surface area contributed by atoms with E-state index in [1.165, 1.54) is 0 Å². The van der Waals surface area contributed by atoms with E-state index in [2.05, 4.69) is 17.5 Å². The van der Waals surface area contributed by atoms with Crippen LogP contribution in [-0.2, 0) is 0 Å². The first-order valence-electron chi connectivity index (χ1n) is 4.83. The molecule has 0 saturated heterocycles. The molecule has 0 amide bonds. The van der Waals surface area contributed by atoms with Crippen LogP contribution in [0.1, 0.15) is 31.0 Å². The summed E-state index contributed by atoms with van der Waals surface area (Å²) in [4.78, 5) is 0. The molecular formula is C12H13N3. The highest BCUT2D eigenvalue weighted by Gasteiger charge is 2.07. The van der Waals surface area contributed by atoms with Crippen LogP contribution in [0.4, 0.5) is 0 Å². The van der Waals surface area contributed by atoms with Gasteiger partial charge in [0.05, 0.1) is 23.7 Å².